The predicted molar refractivity (Wildman–Crippen MR) is 62.8 cm³/mol. The molecule has 1 aromatic carbocycles. The molecule has 0 saturated heterocycles. The molecule has 90 valence electrons. The first-order valence-electron chi connectivity index (χ1n) is 5.13. The van der Waals surface area contributed by atoms with Crippen molar-refractivity contribution >= 4 is 5.97 Å². The third kappa shape index (κ3) is 4.99. The van der Waals surface area contributed by atoms with Gasteiger partial charge in [-0.2, -0.15) is 0 Å². The van der Waals surface area contributed by atoms with Crippen LogP contribution in [0.3, 0.4) is 0 Å². The van der Waals surface area contributed by atoms with Crippen molar-refractivity contribution in [2.24, 2.45) is 0 Å². The van der Waals surface area contributed by atoms with Gasteiger partial charge in [0.2, 0.25) is 0 Å². The van der Waals surface area contributed by atoms with Crippen LogP contribution in [0.25, 0.3) is 0 Å². The van der Waals surface area contributed by atoms with Crippen molar-refractivity contribution in [2.45, 2.75) is 12.8 Å². The number of rotatable bonds is 7. The third-order valence-corrected chi connectivity index (χ3v) is 1.92. The van der Waals surface area contributed by atoms with Crippen LogP contribution in [0, 0.1) is 0 Å². The van der Waals surface area contributed by atoms with Crippen LogP contribution < -0.4 is 4.89 Å². The fraction of sp³-hybridized carbons (Fsp3) is 0.154. The molecule has 0 atom stereocenters. The van der Waals surface area contributed by atoms with Crippen LogP contribution in [-0.4, -0.2) is 5.97 Å². The van der Waals surface area contributed by atoms with Gasteiger partial charge in [-0.25, -0.2) is 4.79 Å². The molecule has 1 aromatic rings. The zero-order valence-corrected chi connectivity index (χ0v) is 9.43. The molecule has 0 aromatic heterocycles. The molecule has 0 radical (unpaired) electrons. The maximum absolute atomic E-state index is 11.3. The second-order valence-corrected chi connectivity index (χ2v) is 3.27. The van der Waals surface area contributed by atoms with Gasteiger partial charge in [0, 0.05) is 10.6 Å². The van der Waals surface area contributed by atoms with E-state index < -0.39 is 5.97 Å². The van der Waals surface area contributed by atoms with Gasteiger partial charge in [0.1, 0.15) is 0 Å². The van der Waals surface area contributed by atoms with E-state index in [1.54, 1.807) is 30.3 Å². The smallest absolute Gasteiger partial charge is 0.299 e. The normalized spacial score (nSPS) is 9.41. The van der Waals surface area contributed by atoms with E-state index >= 15 is 0 Å². The molecule has 0 amide bonds. The maximum Gasteiger partial charge on any atom is 0.372 e. The molecule has 0 N–H and O–H groups in total. The van der Waals surface area contributed by atoms with Crippen molar-refractivity contribution < 1.29 is 19.6 Å². The highest BCUT2D eigenvalue weighted by atomic mass is 17.5. The molecular formula is C13H14O4. The molecular weight excluding hydrogens is 220 g/mol. The zero-order chi connectivity index (χ0) is 12.5. The molecule has 17 heavy (non-hydrogen) atoms. The molecule has 1 rings (SSSR count). The quantitative estimate of drug-likeness (QED) is 0.315. The number of hydrogen-bond acceptors (Lipinski definition) is 4. The number of carbonyl (C=O) groups is 1. The van der Waals surface area contributed by atoms with E-state index in [0.29, 0.717) is 24.2 Å². The molecule has 0 saturated carbocycles. The van der Waals surface area contributed by atoms with Gasteiger partial charge >= 0.3 is 5.97 Å². The third-order valence-electron chi connectivity index (χ3n) is 1.92. The molecule has 0 heterocycles. The summed E-state index contributed by atoms with van der Waals surface area (Å²) in [5.41, 5.74) is 0.307. The first-order chi connectivity index (χ1) is 8.24. The van der Waals surface area contributed by atoms with Gasteiger partial charge in [0.15, 0.2) is 5.75 Å². The zero-order valence-electron chi connectivity index (χ0n) is 9.43. The highest BCUT2D eigenvalue weighted by Crippen LogP contribution is 2.10. The van der Waals surface area contributed by atoms with Crippen LogP contribution in [0.15, 0.2) is 55.1 Å². The van der Waals surface area contributed by atoms with Gasteiger partial charge in [-0.3, -0.25) is 9.78 Å². The minimum absolute atomic E-state index is 0.307. The Labute approximate surface area is 100.0 Å². The van der Waals surface area contributed by atoms with Gasteiger partial charge in [0.05, 0.1) is 0 Å². The summed E-state index contributed by atoms with van der Waals surface area (Å²) in [6.07, 6.45) is 2.84. The Balaban J connectivity index is 2.24. The number of hydrogen-bond donors (Lipinski definition) is 0. The first-order valence-corrected chi connectivity index (χ1v) is 5.13. The van der Waals surface area contributed by atoms with Crippen LogP contribution >= 0.6 is 0 Å². The Hall–Kier alpha value is -2.07. The molecule has 4 nitrogen and oxygen atoms in total. The van der Waals surface area contributed by atoms with E-state index in [-0.39, 0.29) is 0 Å². The topological polar surface area (TPSA) is 44.8 Å². The highest BCUT2D eigenvalue weighted by molar-refractivity contribution is 5.87. The van der Waals surface area contributed by atoms with E-state index in [1.165, 1.54) is 0 Å². The van der Waals surface area contributed by atoms with Crippen LogP contribution in [0.1, 0.15) is 12.8 Å². The summed E-state index contributed by atoms with van der Waals surface area (Å²) >= 11 is 0. The van der Waals surface area contributed by atoms with Crippen molar-refractivity contribution in [1.82, 2.24) is 0 Å². The van der Waals surface area contributed by atoms with Crippen molar-refractivity contribution in [3.8, 4) is 5.75 Å². The van der Waals surface area contributed by atoms with Gasteiger partial charge in [-0.15, -0.1) is 6.58 Å². The Morgan fingerprint density at radius 2 is 2.00 bits per heavy atom. The van der Waals surface area contributed by atoms with E-state index in [2.05, 4.69) is 23.1 Å². The Morgan fingerprint density at radius 1 is 1.29 bits per heavy atom. The minimum atomic E-state index is -0.650. The summed E-state index contributed by atoms with van der Waals surface area (Å²) in [6.45, 7) is 7.10. The van der Waals surface area contributed by atoms with Gasteiger partial charge in [0.25, 0.3) is 0 Å². The van der Waals surface area contributed by atoms with Crippen LogP contribution in [0.4, 0.5) is 0 Å². The van der Waals surface area contributed by atoms with Crippen LogP contribution in [0.2, 0.25) is 0 Å². The summed E-state index contributed by atoms with van der Waals surface area (Å²) in [6, 6.07) is 8.70. The van der Waals surface area contributed by atoms with Crippen molar-refractivity contribution in [3.05, 3.63) is 55.1 Å². The Morgan fingerprint density at radius 3 is 2.65 bits per heavy atom. The molecule has 0 fully saturated rings. The van der Waals surface area contributed by atoms with Gasteiger partial charge < -0.3 is 0 Å². The predicted octanol–water partition coefficient (Wildman–Crippen LogP) is 2.98. The summed E-state index contributed by atoms with van der Waals surface area (Å²) in [7, 11) is 0. The van der Waals surface area contributed by atoms with E-state index in [0.717, 1.165) is 0 Å². The number of benzene rings is 1. The standard InChI is InChI=1S/C13H14O4/c1-3-4-8-11(2)13(14)16-17-15-12-9-6-5-7-10-12/h3,5-7,9-10H,1-2,4,8H2. The SMILES string of the molecule is C=CCCC(=C)C(=O)OOOc1ccccc1. The lowest BCUT2D eigenvalue weighted by Crippen LogP contribution is -2.09. The molecule has 0 aliphatic rings. The summed E-state index contributed by atoms with van der Waals surface area (Å²) < 4.78 is 0. The van der Waals surface area contributed by atoms with Gasteiger partial charge in [-0.05, 0) is 25.0 Å². The lowest BCUT2D eigenvalue weighted by Gasteiger charge is -2.04. The second kappa shape index (κ2) is 7.24. The summed E-state index contributed by atoms with van der Waals surface area (Å²) in [5, 5.41) is 4.35. The average Bonchev–Trinajstić information content (AvgIpc) is 2.37. The summed E-state index contributed by atoms with van der Waals surface area (Å²) in [5.74, 6) is -0.209. The summed E-state index contributed by atoms with van der Waals surface area (Å²) in [4.78, 5) is 20.4. The number of para-hydroxylation sites is 1. The fourth-order valence-electron chi connectivity index (χ4n) is 1.00. The molecule has 0 unspecified atom stereocenters. The number of allylic oxidation sites excluding steroid dienone is 1. The molecule has 4 heteroatoms. The van der Waals surface area contributed by atoms with Crippen LogP contribution in [-0.2, 0) is 14.7 Å². The number of carbonyl (C=O) groups excluding carboxylic acids is 1. The molecule has 0 spiro atoms. The van der Waals surface area contributed by atoms with Crippen LogP contribution in [0.5, 0.6) is 5.75 Å². The van der Waals surface area contributed by atoms with Crippen molar-refractivity contribution in [1.29, 1.82) is 0 Å². The van der Waals surface area contributed by atoms with Gasteiger partial charge in [-0.1, -0.05) is 30.9 Å². The Kier molecular flexibility index (Phi) is 5.54. The average molecular weight is 234 g/mol. The van der Waals surface area contributed by atoms with Crippen molar-refractivity contribution in [2.75, 3.05) is 0 Å². The monoisotopic (exact) mass is 234 g/mol. The lowest BCUT2D eigenvalue weighted by molar-refractivity contribution is -0.435. The van der Waals surface area contributed by atoms with E-state index in [4.69, 9.17) is 4.89 Å². The lowest BCUT2D eigenvalue weighted by atomic mass is 10.2. The second-order valence-electron chi connectivity index (χ2n) is 3.27. The Bertz CT molecular complexity index is 384. The maximum atomic E-state index is 11.3. The molecule has 0 aliphatic heterocycles. The minimum Gasteiger partial charge on any atom is -0.299 e. The van der Waals surface area contributed by atoms with Crippen molar-refractivity contribution in [3.63, 3.8) is 0 Å². The first kappa shape index (κ1) is 13.0. The fourth-order valence-corrected chi connectivity index (χ4v) is 1.00. The molecule has 0 bridgehead atoms. The van der Waals surface area contributed by atoms with E-state index in [1.807, 2.05) is 6.07 Å². The van der Waals surface area contributed by atoms with E-state index in [9.17, 15) is 4.79 Å². The molecule has 0 aliphatic carbocycles. The largest absolute Gasteiger partial charge is 0.372 e. The highest BCUT2D eigenvalue weighted by Gasteiger charge is 2.09.